The number of nitrogens with zero attached hydrogens (tertiary/aromatic N) is 5. The summed E-state index contributed by atoms with van der Waals surface area (Å²) in [4.78, 5) is 11.3. The number of nitrogens with one attached hydrogen (secondary N) is 1. The summed E-state index contributed by atoms with van der Waals surface area (Å²) in [5.41, 5.74) is 10.5. The van der Waals surface area contributed by atoms with E-state index < -0.39 is 0 Å². The lowest BCUT2D eigenvalue weighted by atomic mass is 10.2. The van der Waals surface area contributed by atoms with Crippen LogP contribution in [-0.4, -0.2) is 24.2 Å². The molecule has 0 fully saturated rings. The molecule has 0 aliphatic heterocycles. The number of ether oxygens (including phenoxy) is 2. The number of hydrogen-bond donors (Lipinski definition) is 1. The Balaban J connectivity index is 2.06. The van der Waals surface area contributed by atoms with Crippen molar-refractivity contribution in [3.05, 3.63) is 53.2 Å². The highest BCUT2D eigenvalue weighted by Gasteiger charge is 2.11. The Hall–Kier alpha value is -3.51. The molecule has 0 radical (unpaired) electrons. The lowest BCUT2D eigenvalue weighted by Gasteiger charge is -2.12. The molecule has 0 amide bonds. The molecule has 1 aromatic heterocycles. The van der Waals surface area contributed by atoms with Gasteiger partial charge in [0.25, 0.3) is 0 Å². The van der Waals surface area contributed by atoms with Gasteiger partial charge in [0.05, 0.1) is 19.7 Å². The van der Waals surface area contributed by atoms with Crippen LogP contribution in [0.2, 0.25) is 0 Å². The van der Waals surface area contributed by atoms with Crippen molar-refractivity contribution in [2.45, 2.75) is 0 Å². The third kappa shape index (κ3) is 2.99. The van der Waals surface area contributed by atoms with E-state index >= 15 is 0 Å². The summed E-state index contributed by atoms with van der Waals surface area (Å²) in [6.07, 6.45) is 1.47. The molecule has 0 bridgehead atoms. The molecule has 24 heavy (non-hydrogen) atoms. The van der Waals surface area contributed by atoms with Gasteiger partial charge >= 0.3 is 0 Å². The van der Waals surface area contributed by atoms with Crippen LogP contribution < -0.4 is 14.8 Å². The fourth-order valence-electron chi connectivity index (χ4n) is 2.32. The maximum atomic E-state index is 8.54. The normalized spacial score (nSPS) is 10.1. The van der Waals surface area contributed by atoms with Crippen LogP contribution in [0.1, 0.15) is 0 Å². The van der Waals surface area contributed by atoms with E-state index in [4.69, 9.17) is 15.0 Å². The van der Waals surface area contributed by atoms with Crippen molar-refractivity contribution < 1.29 is 9.47 Å². The van der Waals surface area contributed by atoms with Gasteiger partial charge in [-0.1, -0.05) is 17.2 Å². The van der Waals surface area contributed by atoms with Crippen LogP contribution in [-0.2, 0) is 0 Å². The van der Waals surface area contributed by atoms with Crippen molar-refractivity contribution in [3.63, 3.8) is 0 Å². The first-order valence-corrected chi connectivity index (χ1v) is 7.04. The second-order valence-electron chi connectivity index (χ2n) is 4.81. The zero-order valence-corrected chi connectivity index (χ0v) is 13.1. The Morgan fingerprint density at radius 2 is 1.88 bits per heavy atom. The Kier molecular flexibility index (Phi) is 4.31. The van der Waals surface area contributed by atoms with Gasteiger partial charge in [-0.2, -0.15) is 0 Å². The number of rotatable bonds is 5. The molecule has 1 heterocycles. The van der Waals surface area contributed by atoms with E-state index in [-0.39, 0.29) is 0 Å². The van der Waals surface area contributed by atoms with Gasteiger partial charge in [-0.3, -0.25) is 0 Å². The molecule has 8 heteroatoms. The fraction of sp³-hybridized carbons (Fsp3) is 0.125. The second-order valence-corrected chi connectivity index (χ2v) is 4.81. The summed E-state index contributed by atoms with van der Waals surface area (Å²) in [5.74, 6) is 1.80. The van der Waals surface area contributed by atoms with Crippen molar-refractivity contribution in [3.8, 4) is 11.5 Å². The average molecular weight is 322 g/mol. The smallest absolute Gasteiger partial charge is 0.162 e. The van der Waals surface area contributed by atoms with Crippen molar-refractivity contribution in [1.82, 2.24) is 9.97 Å². The molecule has 8 nitrogen and oxygen atoms in total. The van der Waals surface area contributed by atoms with E-state index in [1.54, 1.807) is 38.5 Å². The first-order chi connectivity index (χ1) is 11.7. The van der Waals surface area contributed by atoms with Crippen LogP contribution in [0.25, 0.3) is 21.3 Å². The number of hydrogen-bond acceptors (Lipinski definition) is 6. The van der Waals surface area contributed by atoms with E-state index in [0.29, 0.717) is 23.0 Å². The number of fused-ring (bicyclic) bond motifs is 1. The zero-order valence-electron chi connectivity index (χ0n) is 13.1. The van der Waals surface area contributed by atoms with Crippen LogP contribution in [0.15, 0.2) is 47.8 Å². The lowest BCUT2D eigenvalue weighted by molar-refractivity contribution is 0.356. The molecular weight excluding hydrogens is 308 g/mol. The standard InChI is InChI=1S/C16H14N6O2/c1-23-14-7-12-13(8-15(14)24-2)18-9-19-16(12)20-10-4-3-5-11(6-10)21-22-17/h3-9H,1-2H3,(H,18,19,20). The third-order valence-corrected chi connectivity index (χ3v) is 3.41. The molecule has 0 unspecified atom stereocenters. The van der Waals surface area contributed by atoms with Crippen LogP contribution >= 0.6 is 0 Å². The van der Waals surface area contributed by atoms with Crippen LogP contribution in [0.3, 0.4) is 0 Å². The molecule has 3 rings (SSSR count). The third-order valence-electron chi connectivity index (χ3n) is 3.41. The minimum atomic E-state index is 0.514. The first-order valence-electron chi connectivity index (χ1n) is 7.04. The molecule has 0 aliphatic carbocycles. The molecule has 0 atom stereocenters. The van der Waals surface area contributed by atoms with Crippen LogP contribution in [0.4, 0.5) is 17.2 Å². The molecule has 2 aromatic carbocycles. The van der Waals surface area contributed by atoms with Crippen LogP contribution in [0.5, 0.6) is 11.5 Å². The summed E-state index contributed by atoms with van der Waals surface area (Å²) in [6, 6.07) is 10.7. The Labute approximate surface area is 137 Å². The van der Waals surface area contributed by atoms with E-state index in [9.17, 15) is 0 Å². The SMILES string of the molecule is COc1cc2ncnc(Nc3cccc(N=[N+]=[N-])c3)c2cc1OC. The quantitative estimate of drug-likeness (QED) is 0.427. The predicted octanol–water partition coefficient (Wildman–Crippen LogP) is 4.33. The molecule has 1 N–H and O–H groups in total. The van der Waals surface area contributed by atoms with Gasteiger partial charge in [0, 0.05) is 27.7 Å². The van der Waals surface area contributed by atoms with Gasteiger partial charge < -0.3 is 14.8 Å². The Morgan fingerprint density at radius 1 is 1.08 bits per heavy atom. The topological polar surface area (TPSA) is 105 Å². The van der Waals surface area contributed by atoms with Gasteiger partial charge in [0.15, 0.2) is 11.5 Å². The largest absolute Gasteiger partial charge is 0.493 e. The maximum absolute atomic E-state index is 8.54. The van der Waals surface area contributed by atoms with Gasteiger partial charge in [-0.05, 0) is 23.7 Å². The number of azide groups is 1. The van der Waals surface area contributed by atoms with Gasteiger partial charge in [-0.15, -0.1) is 0 Å². The molecular formula is C16H14N6O2. The van der Waals surface area contributed by atoms with Gasteiger partial charge in [-0.25, -0.2) is 9.97 Å². The maximum Gasteiger partial charge on any atom is 0.162 e. The number of anilines is 2. The van der Waals surface area contributed by atoms with Crippen molar-refractivity contribution in [1.29, 1.82) is 0 Å². The lowest BCUT2D eigenvalue weighted by Crippen LogP contribution is -1.97. The van der Waals surface area contributed by atoms with Gasteiger partial charge in [0.1, 0.15) is 12.1 Å². The summed E-state index contributed by atoms with van der Waals surface area (Å²) in [7, 11) is 3.15. The summed E-state index contributed by atoms with van der Waals surface area (Å²) >= 11 is 0. The molecule has 0 saturated heterocycles. The van der Waals surface area contributed by atoms with Crippen molar-refractivity contribution in [2.75, 3.05) is 19.5 Å². The Morgan fingerprint density at radius 3 is 2.62 bits per heavy atom. The van der Waals surface area contributed by atoms with Gasteiger partial charge in [0.2, 0.25) is 0 Å². The van der Waals surface area contributed by atoms with Crippen molar-refractivity contribution in [2.24, 2.45) is 5.11 Å². The van der Waals surface area contributed by atoms with E-state index in [1.807, 2.05) is 12.1 Å². The van der Waals surface area contributed by atoms with E-state index in [0.717, 1.165) is 16.6 Å². The van der Waals surface area contributed by atoms with Crippen molar-refractivity contribution >= 4 is 28.1 Å². The predicted molar refractivity (Wildman–Crippen MR) is 91.2 cm³/mol. The Bertz CT molecular complexity index is 937. The number of aromatic nitrogens is 2. The first kappa shape index (κ1) is 15.4. The fourth-order valence-corrected chi connectivity index (χ4v) is 2.32. The average Bonchev–Trinajstić information content (AvgIpc) is 2.61. The minimum Gasteiger partial charge on any atom is -0.493 e. The molecule has 0 spiro atoms. The number of methoxy groups -OCH3 is 2. The zero-order chi connectivity index (χ0) is 16.9. The summed E-state index contributed by atoms with van der Waals surface area (Å²) < 4.78 is 10.6. The van der Waals surface area contributed by atoms with E-state index in [1.165, 1.54) is 6.33 Å². The second kappa shape index (κ2) is 6.72. The molecule has 3 aromatic rings. The summed E-state index contributed by atoms with van der Waals surface area (Å²) in [6.45, 7) is 0. The molecule has 0 saturated carbocycles. The number of benzene rings is 2. The molecule has 120 valence electrons. The highest BCUT2D eigenvalue weighted by atomic mass is 16.5. The van der Waals surface area contributed by atoms with E-state index in [2.05, 4.69) is 25.3 Å². The minimum absolute atomic E-state index is 0.514. The highest BCUT2D eigenvalue weighted by Crippen LogP contribution is 2.34. The highest BCUT2D eigenvalue weighted by molar-refractivity contribution is 5.93. The summed E-state index contributed by atoms with van der Waals surface area (Å²) in [5, 5.41) is 7.58. The monoisotopic (exact) mass is 322 g/mol. The van der Waals surface area contributed by atoms with Crippen LogP contribution in [0, 0.1) is 0 Å². The molecule has 0 aliphatic rings.